The standard InChI is InChI=1S/C14H24N2O3/c1-3-19-14(18)16-8-6-12(7-9-16)15-13(17)10(2)11-4-5-11/h10-12H,3-9H2,1-2H3,(H,15,17). The molecule has 2 fully saturated rings. The van der Waals surface area contributed by atoms with E-state index in [1.807, 2.05) is 13.8 Å². The van der Waals surface area contributed by atoms with Crippen molar-refractivity contribution >= 4 is 12.0 Å². The van der Waals surface area contributed by atoms with Crippen LogP contribution in [0, 0.1) is 11.8 Å². The Balaban J connectivity index is 1.71. The molecule has 0 aromatic rings. The molecule has 5 nitrogen and oxygen atoms in total. The smallest absolute Gasteiger partial charge is 0.409 e. The van der Waals surface area contributed by atoms with Crippen LogP contribution >= 0.6 is 0 Å². The maximum absolute atomic E-state index is 12.0. The zero-order valence-corrected chi connectivity index (χ0v) is 11.9. The predicted octanol–water partition coefficient (Wildman–Crippen LogP) is 1.77. The van der Waals surface area contributed by atoms with Gasteiger partial charge in [0, 0.05) is 25.0 Å². The SMILES string of the molecule is CCOC(=O)N1CCC(NC(=O)C(C)C2CC2)CC1. The summed E-state index contributed by atoms with van der Waals surface area (Å²) in [4.78, 5) is 25.3. The van der Waals surface area contributed by atoms with Crippen molar-refractivity contribution in [3.05, 3.63) is 0 Å². The van der Waals surface area contributed by atoms with Crippen LogP contribution in [0.2, 0.25) is 0 Å². The number of piperidine rings is 1. The summed E-state index contributed by atoms with van der Waals surface area (Å²) < 4.78 is 4.98. The van der Waals surface area contributed by atoms with E-state index in [4.69, 9.17) is 4.74 Å². The second kappa shape index (κ2) is 6.26. The number of ether oxygens (including phenoxy) is 1. The molecule has 1 aliphatic carbocycles. The van der Waals surface area contributed by atoms with Gasteiger partial charge in [0.05, 0.1) is 6.61 Å². The highest BCUT2D eigenvalue weighted by atomic mass is 16.6. The molecular weight excluding hydrogens is 244 g/mol. The molecule has 0 bridgehead atoms. The number of amides is 2. The van der Waals surface area contributed by atoms with E-state index in [9.17, 15) is 9.59 Å². The molecule has 1 N–H and O–H groups in total. The predicted molar refractivity (Wildman–Crippen MR) is 71.6 cm³/mol. The summed E-state index contributed by atoms with van der Waals surface area (Å²) in [5.41, 5.74) is 0. The van der Waals surface area contributed by atoms with Gasteiger partial charge in [0.25, 0.3) is 0 Å². The Morgan fingerprint density at radius 3 is 2.42 bits per heavy atom. The van der Waals surface area contributed by atoms with Crippen molar-refractivity contribution in [2.24, 2.45) is 11.8 Å². The van der Waals surface area contributed by atoms with E-state index in [2.05, 4.69) is 5.32 Å². The highest BCUT2D eigenvalue weighted by Crippen LogP contribution is 2.36. The number of hydrogen-bond donors (Lipinski definition) is 1. The van der Waals surface area contributed by atoms with E-state index >= 15 is 0 Å². The summed E-state index contributed by atoms with van der Waals surface area (Å²) in [5, 5.41) is 3.11. The summed E-state index contributed by atoms with van der Waals surface area (Å²) in [6.45, 7) is 5.57. The molecule has 1 saturated heterocycles. The monoisotopic (exact) mass is 268 g/mol. The number of carbonyl (C=O) groups is 2. The summed E-state index contributed by atoms with van der Waals surface area (Å²) in [5.74, 6) is 0.916. The van der Waals surface area contributed by atoms with Crippen LogP contribution in [0.5, 0.6) is 0 Å². The maximum Gasteiger partial charge on any atom is 0.409 e. The molecule has 1 atom stereocenters. The second-order valence-electron chi connectivity index (χ2n) is 5.59. The normalized spacial score (nSPS) is 21.9. The summed E-state index contributed by atoms with van der Waals surface area (Å²) >= 11 is 0. The largest absolute Gasteiger partial charge is 0.450 e. The first kappa shape index (κ1) is 14.2. The number of nitrogens with zero attached hydrogens (tertiary/aromatic N) is 1. The minimum atomic E-state index is -0.237. The minimum absolute atomic E-state index is 0.142. The molecule has 5 heteroatoms. The zero-order valence-electron chi connectivity index (χ0n) is 11.9. The van der Waals surface area contributed by atoms with Crippen LogP contribution in [0.25, 0.3) is 0 Å². The molecule has 1 heterocycles. The summed E-state index contributed by atoms with van der Waals surface area (Å²) in [6.07, 6.45) is 3.79. The Morgan fingerprint density at radius 2 is 1.89 bits per heavy atom. The first-order chi connectivity index (χ1) is 9.11. The maximum atomic E-state index is 12.0. The van der Waals surface area contributed by atoms with Gasteiger partial charge in [-0.25, -0.2) is 4.79 Å². The van der Waals surface area contributed by atoms with E-state index in [-0.39, 0.29) is 24.0 Å². The van der Waals surface area contributed by atoms with Crippen LogP contribution in [0.1, 0.15) is 39.5 Å². The van der Waals surface area contributed by atoms with E-state index in [0.29, 0.717) is 25.6 Å². The van der Waals surface area contributed by atoms with E-state index in [1.165, 1.54) is 12.8 Å². The molecule has 2 aliphatic rings. The van der Waals surface area contributed by atoms with Gasteiger partial charge in [-0.2, -0.15) is 0 Å². The van der Waals surface area contributed by atoms with Gasteiger partial charge in [0.2, 0.25) is 5.91 Å². The fourth-order valence-electron chi connectivity index (χ4n) is 2.56. The average Bonchev–Trinajstić information content (AvgIpc) is 3.23. The number of rotatable bonds is 4. The molecule has 19 heavy (non-hydrogen) atoms. The van der Waals surface area contributed by atoms with Crippen LogP contribution in [0.4, 0.5) is 4.79 Å². The van der Waals surface area contributed by atoms with Crippen LogP contribution in [0.15, 0.2) is 0 Å². The fourth-order valence-corrected chi connectivity index (χ4v) is 2.56. The lowest BCUT2D eigenvalue weighted by atomic mass is 10.0. The van der Waals surface area contributed by atoms with Crippen molar-refractivity contribution in [1.82, 2.24) is 10.2 Å². The van der Waals surface area contributed by atoms with Crippen LogP contribution < -0.4 is 5.32 Å². The lowest BCUT2D eigenvalue weighted by Gasteiger charge is -2.32. The van der Waals surface area contributed by atoms with Gasteiger partial charge < -0.3 is 15.0 Å². The Kier molecular flexibility index (Phi) is 4.66. The first-order valence-corrected chi connectivity index (χ1v) is 7.34. The minimum Gasteiger partial charge on any atom is -0.450 e. The molecule has 1 unspecified atom stereocenters. The summed E-state index contributed by atoms with van der Waals surface area (Å²) in [7, 11) is 0. The molecule has 0 radical (unpaired) electrons. The molecule has 0 aromatic carbocycles. The molecular formula is C14H24N2O3. The lowest BCUT2D eigenvalue weighted by Crippen LogP contribution is -2.47. The topological polar surface area (TPSA) is 58.6 Å². The first-order valence-electron chi connectivity index (χ1n) is 7.34. The van der Waals surface area contributed by atoms with Crippen LogP contribution in [-0.2, 0) is 9.53 Å². The van der Waals surface area contributed by atoms with Gasteiger partial charge in [-0.15, -0.1) is 0 Å². The third-order valence-electron chi connectivity index (χ3n) is 4.11. The van der Waals surface area contributed by atoms with Gasteiger partial charge in [0.1, 0.15) is 0 Å². The number of carbonyl (C=O) groups excluding carboxylic acids is 2. The van der Waals surface area contributed by atoms with E-state index in [1.54, 1.807) is 4.90 Å². The third-order valence-corrected chi connectivity index (χ3v) is 4.11. The molecule has 1 saturated carbocycles. The molecule has 2 rings (SSSR count). The van der Waals surface area contributed by atoms with Crippen molar-refractivity contribution in [3.8, 4) is 0 Å². The van der Waals surface area contributed by atoms with Gasteiger partial charge in [-0.1, -0.05) is 6.92 Å². The van der Waals surface area contributed by atoms with E-state index in [0.717, 1.165) is 12.8 Å². The molecule has 0 spiro atoms. The highest BCUT2D eigenvalue weighted by molar-refractivity contribution is 5.79. The van der Waals surface area contributed by atoms with Crippen molar-refractivity contribution in [1.29, 1.82) is 0 Å². The quantitative estimate of drug-likeness (QED) is 0.845. The van der Waals surface area contributed by atoms with Gasteiger partial charge in [0.15, 0.2) is 0 Å². The Hall–Kier alpha value is -1.26. The van der Waals surface area contributed by atoms with Gasteiger partial charge in [-0.05, 0) is 38.5 Å². The molecule has 108 valence electrons. The Bertz CT molecular complexity index is 334. The second-order valence-corrected chi connectivity index (χ2v) is 5.59. The Morgan fingerprint density at radius 1 is 1.26 bits per heavy atom. The highest BCUT2D eigenvalue weighted by Gasteiger charge is 2.34. The molecule has 2 amide bonds. The molecule has 0 aromatic heterocycles. The van der Waals surface area contributed by atoms with Crippen LogP contribution in [0.3, 0.4) is 0 Å². The van der Waals surface area contributed by atoms with Gasteiger partial charge in [-0.3, -0.25) is 4.79 Å². The summed E-state index contributed by atoms with van der Waals surface area (Å²) in [6, 6.07) is 0.208. The lowest BCUT2D eigenvalue weighted by molar-refractivity contribution is -0.126. The zero-order chi connectivity index (χ0) is 13.8. The molecule has 1 aliphatic heterocycles. The van der Waals surface area contributed by atoms with Crippen molar-refractivity contribution < 1.29 is 14.3 Å². The van der Waals surface area contributed by atoms with Crippen molar-refractivity contribution in [3.63, 3.8) is 0 Å². The van der Waals surface area contributed by atoms with Crippen LogP contribution in [-0.4, -0.2) is 42.6 Å². The number of likely N-dealkylation sites (tertiary alicyclic amines) is 1. The van der Waals surface area contributed by atoms with Crippen molar-refractivity contribution in [2.75, 3.05) is 19.7 Å². The fraction of sp³-hybridized carbons (Fsp3) is 0.857. The van der Waals surface area contributed by atoms with Crippen molar-refractivity contribution in [2.45, 2.75) is 45.6 Å². The van der Waals surface area contributed by atoms with Gasteiger partial charge >= 0.3 is 6.09 Å². The Labute approximate surface area is 114 Å². The third kappa shape index (κ3) is 3.85. The number of hydrogen-bond acceptors (Lipinski definition) is 3. The van der Waals surface area contributed by atoms with E-state index < -0.39 is 0 Å². The number of nitrogens with one attached hydrogen (secondary N) is 1. The average molecular weight is 268 g/mol.